The van der Waals surface area contributed by atoms with E-state index < -0.39 is 0 Å². The Morgan fingerprint density at radius 2 is 2.29 bits per heavy atom. The minimum absolute atomic E-state index is 0.00502. The minimum Gasteiger partial charge on any atom is -0.376 e. The molecule has 3 heterocycles. The molecule has 2 aliphatic heterocycles. The van der Waals surface area contributed by atoms with Gasteiger partial charge in [0.2, 0.25) is 5.91 Å². The van der Waals surface area contributed by atoms with Crippen LogP contribution in [0.15, 0.2) is 30.5 Å². The number of hydrogen-bond acceptors (Lipinski definition) is 5. The second-order valence-corrected chi connectivity index (χ2v) is 7.00. The van der Waals surface area contributed by atoms with Gasteiger partial charge in [-0.25, -0.2) is 9.37 Å². The smallest absolute Gasteiger partial charge is 0.257 e. The zero-order chi connectivity index (χ0) is 19.7. The highest BCUT2D eigenvalue weighted by Crippen LogP contribution is 2.30. The van der Waals surface area contributed by atoms with E-state index in [4.69, 9.17) is 4.74 Å². The van der Waals surface area contributed by atoms with Gasteiger partial charge in [0, 0.05) is 18.5 Å². The first kappa shape index (κ1) is 18.4. The third-order valence-corrected chi connectivity index (χ3v) is 4.95. The summed E-state index contributed by atoms with van der Waals surface area (Å²) in [4.78, 5) is 31.0. The normalized spacial score (nSPS) is 18.6. The maximum atomic E-state index is 13.4. The SMILES string of the molecule is Cc1cc(NC(=O)c2cnc3c(c2)N(CC2CCCO2)C(=O)CN3)ccc1F. The Balaban J connectivity index is 1.57. The van der Waals surface area contributed by atoms with Crippen molar-refractivity contribution in [1.29, 1.82) is 0 Å². The monoisotopic (exact) mass is 384 g/mol. The maximum absolute atomic E-state index is 13.4. The van der Waals surface area contributed by atoms with E-state index in [1.165, 1.54) is 18.3 Å². The molecule has 2 N–H and O–H groups in total. The number of ether oxygens (including phenoxy) is 1. The molecule has 8 heteroatoms. The van der Waals surface area contributed by atoms with E-state index in [9.17, 15) is 14.0 Å². The van der Waals surface area contributed by atoms with Crippen LogP contribution in [0, 0.1) is 12.7 Å². The van der Waals surface area contributed by atoms with Crippen LogP contribution in [0.25, 0.3) is 0 Å². The summed E-state index contributed by atoms with van der Waals surface area (Å²) in [6, 6.07) is 6.02. The highest BCUT2D eigenvalue weighted by atomic mass is 19.1. The van der Waals surface area contributed by atoms with Crippen molar-refractivity contribution in [2.24, 2.45) is 0 Å². The van der Waals surface area contributed by atoms with Crippen LogP contribution in [0.3, 0.4) is 0 Å². The van der Waals surface area contributed by atoms with Crippen molar-refractivity contribution in [3.05, 3.63) is 47.4 Å². The Kier molecular flexibility index (Phi) is 4.95. The lowest BCUT2D eigenvalue weighted by Crippen LogP contribution is -2.44. The average molecular weight is 384 g/mol. The Morgan fingerprint density at radius 1 is 1.43 bits per heavy atom. The first-order valence-electron chi connectivity index (χ1n) is 9.24. The van der Waals surface area contributed by atoms with E-state index >= 15 is 0 Å². The van der Waals surface area contributed by atoms with Crippen LogP contribution in [-0.2, 0) is 9.53 Å². The fourth-order valence-corrected chi connectivity index (χ4v) is 3.43. The molecule has 0 saturated carbocycles. The van der Waals surface area contributed by atoms with Gasteiger partial charge >= 0.3 is 0 Å². The highest BCUT2D eigenvalue weighted by molar-refractivity contribution is 6.07. The molecule has 2 aliphatic rings. The fraction of sp³-hybridized carbons (Fsp3) is 0.350. The summed E-state index contributed by atoms with van der Waals surface area (Å²) in [6.45, 7) is 2.94. The van der Waals surface area contributed by atoms with Crippen LogP contribution < -0.4 is 15.5 Å². The van der Waals surface area contributed by atoms with Crippen LogP contribution in [-0.4, -0.2) is 42.6 Å². The zero-order valence-electron chi connectivity index (χ0n) is 15.5. The second-order valence-electron chi connectivity index (χ2n) is 7.00. The molecule has 28 heavy (non-hydrogen) atoms. The Labute approximate surface area is 161 Å². The molecule has 0 bridgehead atoms. The van der Waals surface area contributed by atoms with Gasteiger partial charge in [-0.1, -0.05) is 0 Å². The van der Waals surface area contributed by atoms with Crippen molar-refractivity contribution in [2.45, 2.75) is 25.9 Å². The molecule has 1 atom stereocenters. The summed E-state index contributed by atoms with van der Waals surface area (Å²) in [5.41, 5.74) is 1.81. The first-order valence-corrected chi connectivity index (χ1v) is 9.24. The summed E-state index contributed by atoms with van der Waals surface area (Å²) in [7, 11) is 0. The van der Waals surface area contributed by atoms with Gasteiger partial charge in [0.25, 0.3) is 5.91 Å². The van der Waals surface area contributed by atoms with Gasteiger partial charge in [-0.3, -0.25) is 9.59 Å². The van der Waals surface area contributed by atoms with Crippen molar-refractivity contribution in [3.63, 3.8) is 0 Å². The van der Waals surface area contributed by atoms with Gasteiger partial charge in [-0.2, -0.15) is 0 Å². The number of nitrogens with zero attached hydrogens (tertiary/aromatic N) is 2. The number of amides is 2. The third-order valence-electron chi connectivity index (χ3n) is 4.95. The van der Waals surface area contributed by atoms with Gasteiger partial charge in [0.1, 0.15) is 11.6 Å². The molecule has 1 fully saturated rings. The molecule has 0 radical (unpaired) electrons. The molecule has 1 aromatic carbocycles. The van der Waals surface area contributed by atoms with E-state index in [1.807, 2.05) is 0 Å². The lowest BCUT2D eigenvalue weighted by atomic mass is 10.1. The number of hydrogen-bond donors (Lipinski definition) is 2. The third kappa shape index (κ3) is 3.68. The summed E-state index contributed by atoms with van der Waals surface area (Å²) in [6.07, 6.45) is 3.34. The van der Waals surface area contributed by atoms with Crippen molar-refractivity contribution in [1.82, 2.24) is 4.98 Å². The van der Waals surface area contributed by atoms with Crippen molar-refractivity contribution >= 4 is 29.0 Å². The topological polar surface area (TPSA) is 83.6 Å². The number of halogens is 1. The molecule has 0 aliphatic carbocycles. The lowest BCUT2D eigenvalue weighted by molar-refractivity contribution is -0.117. The van der Waals surface area contributed by atoms with E-state index in [1.54, 1.807) is 24.0 Å². The van der Waals surface area contributed by atoms with Gasteiger partial charge in [-0.15, -0.1) is 0 Å². The number of carbonyl (C=O) groups is 2. The number of rotatable bonds is 4. The number of benzene rings is 1. The number of carbonyl (C=O) groups excluding carboxylic acids is 2. The average Bonchev–Trinajstić information content (AvgIpc) is 3.20. The Morgan fingerprint density at radius 3 is 3.04 bits per heavy atom. The number of nitrogens with one attached hydrogen (secondary N) is 2. The molecule has 4 rings (SSSR count). The molecule has 1 unspecified atom stereocenters. The van der Waals surface area contributed by atoms with E-state index in [0.717, 1.165) is 12.8 Å². The fourth-order valence-electron chi connectivity index (χ4n) is 3.43. The molecular formula is C20H21FN4O3. The summed E-state index contributed by atoms with van der Waals surface area (Å²) in [5.74, 6) is -0.234. The lowest BCUT2D eigenvalue weighted by Gasteiger charge is -2.31. The maximum Gasteiger partial charge on any atom is 0.257 e. The van der Waals surface area contributed by atoms with Crippen molar-refractivity contribution in [2.75, 3.05) is 35.2 Å². The van der Waals surface area contributed by atoms with Crippen LogP contribution in [0.1, 0.15) is 28.8 Å². The van der Waals surface area contributed by atoms with Gasteiger partial charge in [-0.05, 0) is 49.6 Å². The summed E-state index contributed by atoms with van der Waals surface area (Å²) >= 11 is 0. The summed E-state index contributed by atoms with van der Waals surface area (Å²) < 4.78 is 19.1. The predicted molar refractivity (Wildman–Crippen MR) is 103 cm³/mol. The highest BCUT2D eigenvalue weighted by Gasteiger charge is 2.29. The number of aryl methyl sites for hydroxylation is 1. The van der Waals surface area contributed by atoms with Gasteiger partial charge in [0.15, 0.2) is 0 Å². The molecule has 146 valence electrons. The van der Waals surface area contributed by atoms with E-state index in [2.05, 4.69) is 15.6 Å². The van der Waals surface area contributed by atoms with Crippen LogP contribution in [0.2, 0.25) is 0 Å². The largest absolute Gasteiger partial charge is 0.376 e. The van der Waals surface area contributed by atoms with Crippen LogP contribution in [0.5, 0.6) is 0 Å². The standard InChI is InChI=1S/C20H21FN4O3/c1-12-7-14(4-5-16(12)21)24-20(27)13-8-17-19(22-9-13)23-10-18(26)25(17)11-15-3-2-6-28-15/h4-5,7-9,15H,2-3,6,10-11H2,1H3,(H,22,23)(H,24,27). The van der Waals surface area contributed by atoms with Gasteiger partial charge < -0.3 is 20.3 Å². The quantitative estimate of drug-likeness (QED) is 0.847. The first-order chi connectivity index (χ1) is 13.5. The zero-order valence-corrected chi connectivity index (χ0v) is 15.5. The molecular weight excluding hydrogens is 363 g/mol. The molecule has 0 spiro atoms. The molecule has 7 nitrogen and oxygen atoms in total. The predicted octanol–water partition coefficient (Wildman–Crippen LogP) is 2.72. The van der Waals surface area contributed by atoms with E-state index in [-0.39, 0.29) is 30.3 Å². The molecule has 2 amide bonds. The minimum atomic E-state index is -0.378. The Hall–Kier alpha value is -3.00. The number of pyridine rings is 1. The number of anilines is 3. The van der Waals surface area contributed by atoms with Crippen molar-refractivity contribution in [3.8, 4) is 0 Å². The van der Waals surface area contributed by atoms with Crippen LogP contribution >= 0.6 is 0 Å². The van der Waals surface area contributed by atoms with Gasteiger partial charge in [0.05, 0.1) is 30.4 Å². The Bertz CT molecular complexity index is 928. The van der Waals surface area contributed by atoms with Crippen LogP contribution in [0.4, 0.5) is 21.6 Å². The van der Waals surface area contributed by atoms with E-state index in [0.29, 0.717) is 41.5 Å². The molecule has 1 aromatic heterocycles. The number of aromatic nitrogens is 1. The number of fused-ring (bicyclic) bond motifs is 1. The van der Waals surface area contributed by atoms with Crippen molar-refractivity contribution < 1.29 is 18.7 Å². The molecule has 1 saturated heterocycles. The molecule has 2 aromatic rings. The summed E-state index contributed by atoms with van der Waals surface area (Å²) in [5, 5.41) is 5.72. The second kappa shape index (κ2) is 7.55.